The van der Waals surface area contributed by atoms with Gasteiger partial charge in [-0.25, -0.2) is 4.98 Å². The summed E-state index contributed by atoms with van der Waals surface area (Å²) in [5, 5.41) is 0.0126. The topological polar surface area (TPSA) is 60.9 Å². The molecule has 72 valence electrons. The Morgan fingerprint density at radius 2 is 2.38 bits per heavy atom. The largest absolute Gasteiger partial charge is 0.382 e. The summed E-state index contributed by atoms with van der Waals surface area (Å²) in [5.74, 6) is 0.0967. The molecule has 0 saturated heterocycles. The van der Waals surface area contributed by atoms with Crippen LogP contribution in [0.3, 0.4) is 0 Å². The van der Waals surface area contributed by atoms with Crippen LogP contribution in [0.4, 0.5) is 5.82 Å². The molecule has 0 aliphatic rings. The van der Waals surface area contributed by atoms with Gasteiger partial charge in [-0.05, 0) is 6.42 Å². The summed E-state index contributed by atoms with van der Waals surface area (Å²) in [6, 6.07) is 0. The van der Waals surface area contributed by atoms with E-state index in [-0.39, 0.29) is 16.4 Å². The van der Waals surface area contributed by atoms with Gasteiger partial charge in [-0.2, -0.15) is 0 Å². The van der Waals surface area contributed by atoms with Crippen molar-refractivity contribution in [3.63, 3.8) is 0 Å². The van der Waals surface area contributed by atoms with Crippen molar-refractivity contribution in [1.82, 2.24) is 9.55 Å². The first kappa shape index (κ1) is 10.1. The van der Waals surface area contributed by atoms with Crippen molar-refractivity contribution in [3.05, 3.63) is 21.7 Å². The van der Waals surface area contributed by atoms with Crippen LogP contribution < -0.4 is 11.3 Å². The number of hydrogen-bond donors (Lipinski definition) is 1. The van der Waals surface area contributed by atoms with E-state index in [1.807, 2.05) is 0 Å². The van der Waals surface area contributed by atoms with Gasteiger partial charge in [0.05, 0.1) is 6.33 Å². The number of nitrogen functional groups attached to an aromatic ring is 1. The molecule has 4 nitrogen and oxygen atoms in total. The number of anilines is 1. The van der Waals surface area contributed by atoms with Gasteiger partial charge in [0, 0.05) is 6.54 Å². The van der Waals surface area contributed by atoms with Crippen LogP contribution in [-0.2, 0) is 6.54 Å². The first-order valence-corrected chi connectivity index (χ1v) is 4.55. The third kappa shape index (κ3) is 2.21. The number of hydrogen-bond acceptors (Lipinski definition) is 3. The number of aromatic nitrogens is 2. The number of nitrogens with zero attached hydrogens (tertiary/aromatic N) is 2. The van der Waals surface area contributed by atoms with Gasteiger partial charge in [0.2, 0.25) is 0 Å². The normalized spacial score (nSPS) is 10.3. The summed E-state index contributed by atoms with van der Waals surface area (Å²) >= 11 is 5.64. The third-order valence-corrected chi connectivity index (χ3v) is 2.12. The van der Waals surface area contributed by atoms with Crippen LogP contribution in [-0.4, -0.2) is 9.55 Å². The number of aryl methyl sites for hydroxylation is 1. The van der Waals surface area contributed by atoms with Gasteiger partial charge >= 0.3 is 0 Å². The summed E-state index contributed by atoms with van der Waals surface area (Å²) in [5.41, 5.74) is 5.10. The Balaban J connectivity index is 2.97. The number of nitrogens with two attached hydrogens (primary N) is 1. The lowest BCUT2D eigenvalue weighted by atomic mass is 10.3. The van der Waals surface area contributed by atoms with Gasteiger partial charge in [-0.1, -0.05) is 24.9 Å². The van der Waals surface area contributed by atoms with E-state index in [4.69, 9.17) is 17.3 Å². The molecule has 13 heavy (non-hydrogen) atoms. The lowest BCUT2D eigenvalue weighted by molar-refractivity contribution is 0.604. The number of halogens is 1. The molecule has 0 aromatic carbocycles. The summed E-state index contributed by atoms with van der Waals surface area (Å²) in [6.07, 6.45) is 3.38. The van der Waals surface area contributed by atoms with Crippen molar-refractivity contribution in [1.29, 1.82) is 0 Å². The standard InChI is InChI=1S/C8H12ClN3O/c1-2-3-4-12-5-11-7(10)6(9)8(12)13/h5H,2-4,10H2,1H3. The maximum atomic E-state index is 11.4. The van der Waals surface area contributed by atoms with Crippen molar-refractivity contribution in [2.24, 2.45) is 0 Å². The molecule has 1 aromatic rings. The highest BCUT2D eigenvalue weighted by Gasteiger charge is 2.05. The van der Waals surface area contributed by atoms with Gasteiger partial charge in [0.1, 0.15) is 10.8 Å². The second kappa shape index (κ2) is 4.28. The van der Waals surface area contributed by atoms with E-state index >= 15 is 0 Å². The van der Waals surface area contributed by atoms with E-state index in [2.05, 4.69) is 11.9 Å². The molecule has 0 amide bonds. The minimum Gasteiger partial charge on any atom is -0.382 e. The van der Waals surface area contributed by atoms with E-state index in [1.54, 1.807) is 0 Å². The predicted molar refractivity (Wildman–Crippen MR) is 52.8 cm³/mol. The van der Waals surface area contributed by atoms with Crippen LogP contribution in [0.25, 0.3) is 0 Å². The Hall–Kier alpha value is -1.03. The molecule has 0 atom stereocenters. The summed E-state index contributed by atoms with van der Waals surface area (Å²) in [7, 11) is 0. The summed E-state index contributed by atoms with van der Waals surface area (Å²) < 4.78 is 1.47. The third-order valence-electron chi connectivity index (χ3n) is 1.76. The minimum absolute atomic E-state index is 0.0126. The molecule has 5 heteroatoms. The molecule has 2 N–H and O–H groups in total. The average molecular weight is 202 g/mol. The van der Waals surface area contributed by atoms with Gasteiger partial charge in [-0.15, -0.1) is 0 Å². The minimum atomic E-state index is -0.261. The van der Waals surface area contributed by atoms with Gasteiger partial charge < -0.3 is 5.73 Å². The molecule has 0 aliphatic heterocycles. The molecule has 0 saturated carbocycles. The zero-order chi connectivity index (χ0) is 9.84. The quantitative estimate of drug-likeness (QED) is 0.802. The zero-order valence-corrected chi connectivity index (χ0v) is 8.21. The van der Waals surface area contributed by atoms with Crippen molar-refractivity contribution in [3.8, 4) is 0 Å². The van der Waals surface area contributed by atoms with Crippen LogP contribution in [0, 0.1) is 0 Å². The van der Waals surface area contributed by atoms with E-state index < -0.39 is 0 Å². The van der Waals surface area contributed by atoms with Crippen molar-refractivity contribution < 1.29 is 0 Å². The molecule has 0 radical (unpaired) electrons. The van der Waals surface area contributed by atoms with Crippen LogP contribution in [0.1, 0.15) is 19.8 Å². The Labute approximate surface area is 81.3 Å². The highest BCUT2D eigenvalue weighted by Crippen LogP contribution is 2.07. The molecule has 1 aromatic heterocycles. The SMILES string of the molecule is CCCCn1cnc(N)c(Cl)c1=O. The highest BCUT2D eigenvalue weighted by atomic mass is 35.5. The van der Waals surface area contributed by atoms with E-state index in [9.17, 15) is 4.79 Å². The van der Waals surface area contributed by atoms with Crippen molar-refractivity contribution >= 4 is 17.4 Å². The zero-order valence-electron chi connectivity index (χ0n) is 7.46. The molecule has 1 heterocycles. The van der Waals surface area contributed by atoms with E-state index in [0.717, 1.165) is 12.8 Å². The molecule has 0 aliphatic carbocycles. The maximum Gasteiger partial charge on any atom is 0.274 e. The highest BCUT2D eigenvalue weighted by molar-refractivity contribution is 6.32. The molecule has 0 unspecified atom stereocenters. The van der Waals surface area contributed by atoms with Crippen LogP contribution in [0.2, 0.25) is 5.02 Å². The molecule has 0 bridgehead atoms. The Kier molecular flexibility index (Phi) is 3.31. The smallest absolute Gasteiger partial charge is 0.274 e. The molecule has 0 fully saturated rings. The summed E-state index contributed by atoms with van der Waals surface area (Å²) in [4.78, 5) is 15.2. The predicted octanol–water partition coefficient (Wildman–Crippen LogP) is 1.28. The molecular weight excluding hydrogens is 190 g/mol. The summed E-state index contributed by atoms with van der Waals surface area (Å²) in [6.45, 7) is 2.69. The fourth-order valence-corrected chi connectivity index (χ4v) is 1.12. The number of unbranched alkanes of at least 4 members (excludes halogenated alkanes) is 1. The lowest BCUT2D eigenvalue weighted by Gasteiger charge is -2.04. The van der Waals surface area contributed by atoms with Crippen molar-refractivity contribution in [2.75, 3.05) is 5.73 Å². The second-order valence-corrected chi connectivity index (χ2v) is 3.17. The van der Waals surface area contributed by atoms with Crippen LogP contribution in [0.5, 0.6) is 0 Å². The van der Waals surface area contributed by atoms with Gasteiger partial charge in [0.15, 0.2) is 0 Å². The Morgan fingerprint density at radius 1 is 1.69 bits per heavy atom. The fourth-order valence-electron chi connectivity index (χ4n) is 0.964. The lowest BCUT2D eigenvalue weighted by Crippen LogP contribution is -2.22. The van der Waals surface area contributed by atoms with Gasteiger partial charge in [-0.3, -0.25) is 9.36 Å². The molecule has 1 rings (SSSR count). The fraction of sp³-hybridized carbons (Fsp3) is 0.500. The van der Waals surface area contributed by atoms with Gasteiger partial charge in [0.25, 0.3) is 5.56 Å². The van der Waals surface area contributed by atoms with Crippen molar-refractivity contribution in [2.45, 2.75) is 26.3 Å². The van der Waals surface area contributed by atoms with E-state index in [1.165, 1.54) is 10.9 Å². The van der Waals surface area contributed by atoms with Crippen LogP contribution in [0.15, 0.2) is 11.1 Å². The second-order valence-electron chi connectivity index (χ2n) is 2.80. The average Bonchev–Trinajstić information content (AvgIpc) is 2.13. The first-order valence-electron chi connectivity index (χ1n) is 4.17. The Bertz CT molecular complexity index is 348. The first-order chi connectivity index (χ1) is 6.16. The number of rotatable bonds is 3. The maximum absolute atomic E-state index is 11.4. The van der Waals surface area contributed by atoms with E-state index in [0.29, 0.717) is 6.54 Å². The molecule has 0 spiro atoms. The van der Waals surface area contributed by atoms with Crippen LogP contribution >= 0.6 is 11.6 Å². The Morgan fingerprint density at radius 3 is 3.00 bits per heavy atom. The molecular formula is C8H12ClN3O. The monoisotopic (exact) mass is 201 g/mol.